The Kier molecular flexibility index (Phi) is 5.33. The van der Waals surface area contributed by atoms with Gasteiger partial charge in [0.05, 0.1) is 19.8 Å². The molecule has 2 fully saturated rings. The van der Waals surface area contributed by atoms with Crippen molar-refractivity contribution in [3.8, 4) is 0 Å². The number of hydrogen-bond acceptors (Lipinski definition) is 5. The number of rotatable bonds is 3. The first-order valence-corrected chi connectivity index (χ1v) is 9.54. The maximum absolute atomic E-state index is 12.7. The summed E-state index contributed by atoms with van der Waals surface area (Å²) >= 11 is 5.99. The van der Waals surface area contributed by atoms with Crippen LogP contribution in [0.1, 0.15) is 10.6 Å². The first-order chi connectivity index (χ1) is 13.1. The number of carbonyl (C=O) groups is 2. The third kappa shape index (κ3) is 4.10. The maximum Gasteiger partial charge on any atom is 0.289 e. The summed E-state index contributed by atoms with van der Waals surface area (Å²) in [5.74, 6) is 0.332. The molecule has 0 spiro atoms. The number of ether oxygens (including phenoxy) is 1. The zero-order chi connectivity index (χ0) is 18.8. The van der Waals surface area contributed by atoms with Gasteiger partial charge in [0.15, 0.2) is 5.76 Å². The van der Waals surface area contributed by atoms with Gasteiger partial charge in [0.1, 0.15) is 5.58 Å². The van der Waals surface area contributed by atoms with Crippen LogP contribution in [0.15, 0.2) is 28.7 Å². The highest BCUT2D eigenvalue weighted by molar-refractivity contribution is 6.31. The molecule has 4 rings (SSSR count). The van der Waals surface area contributed by atoms with Crippen molar-refractivity contribution < 1.29 is 18.7 Å². The van der Waals surface area contributed by atoms with Crippen molar-refractivity contribution in [2.75, 3.05) is 59.0 Å². The predicted octanol–water partition coefficient (Wildman–Crippen LogP) is 1.70. The second-order valence-electron chi connectivity index (χ2n) is 6.85. The highest BCUT2D eigenvalue weighted by Gasteiger charge is 2.27. The lowest BCUT2D eigenvalue weighted by Gasteiger charge is -2.35. The normalized spacial score (nSPS) is 18.9. The van der Waals surface area contributed by atoms with Crippen LogP contribution in [0.3, 0.4) is 0 Å². The van der Waals surface area contributed by atoms with E-state index < -0.39 is 0 Å². The summed E-state index contributed by atoms with van der Waals surface area (Å²) < 4.78 is 11.0. The van der Waals surface area contributed by atoms with Crippen LogP contribution in [-0.4, -0.2) is 85.5 Å². The molecule has 27 heavy (non-hydrogen) atoms. The Balaban J connectivity index is 1.32. The molecule has 2 aliphatic rings. The molecule has 2 aromatic rings. The molecule has 2 amide bonds. The van der Waals surface area contributed by atoms with Crippen LogP contribution >= 0.6 is 11.6 Å². The Morgan fingerprint density at radius 2 is 1.70 bits per heavy atom. The van der Waals surface area contributed by atoms with Crippen molar-refractivity contribution in [1.82, 2.24) is 14.7 Å². The molecule has 0 unspecified atom stereocenters. The van der Waals surface area contributed by atoms with Crippen LogP contribution in [0.25, 0.3) is 11.0 Å². The van der Waals surface area contributed by atoms with Crippen LogP contribution in [0.4, 0.5) is 0 Å². The lowest BCUT2D eigenvalue weighted by molar-refractivity contribution is -0.136. The van der Waals surface area contributed by atoms with Crippen molar-refractivity contribution in [3.05, 3.63) is 35.0 Å². The van der Waals surface area contributed by atoms with Crippen molar-refractivity contribution in [2.24, 2.45) is 0 Å². The summed E-state index contributed by atoms with van der Waals surface area (Å²) in [6.07, 6.45) is 0. The number of furan rings is 1. The molecule has 0 atom stereocenters. The average Bonchev–Trinajstić information content (AvgIpc) is 3.12. The molecular formula is C19H22ClN3O4. The monoisotopic (exact) mass is 391 g/mol. The summed E-state index contributed by atoms with van der Waals surface area (Å²) in [5.41, 5.74) is 0.650. The molecule has 0 N–H and O–H groups in total. The van der Waals surface area contributed by atoms with E-state index >= 15 is 0 Å². The lowest BCUT2D eigenvalue weighted by atomic mass is 10.2. The summed E-state index contributed by atoms with van der Waals surface area (Å²) in [7, 11) is 0. The zero-order valence-electron chi connectivity index (χ0n) is 15.0. The van der Waals surface area contributed by atoms with Gasteiger partial charge < -0.3 is 19.0 Å². The number of piperazine rings is 1. The number of amides is 2. The van der Waals surface area contributed by atoms with Gasteiger partial charge in [-0.25, -0.2) is 0 Å². The van der Waals surface area contributed by atoms with E-state index in [1.54, 1.807) is 29.2 Å². The molecule has 0 bridgehead atoms. The molecule has 0 aliphatic carbocycles. The van der Waals surface area contributed by atoms with E-state index in [1.165, 1.54) is 0 Å². The number of fused-ring (bicyclic) bond motifs is 1. The molecule has 8 heteroatoms. The van der Waals surface area contributed by atoms with Gasteiger partial charge in [0, 0.05) is 49.7 Å². The molecule has 1 aromatic carbocycles. The highest BCUT2D eigenvalue weighted by Crippen LogP contribution is 2.24. The van der Waals surface area contributed by atoms with Gasteiger partial charge in [-0.05, 0) is 24.3 Å². The van der Waals surface area contributed by atoms with E-state index in [-0.39, 0.29) is 11.8 Å². The number of morpholine rings is 1. The summed E-state index contributed by atoms with van der Waals surface area (Å²) in [6.45, 7) is 5.43. The molecule has 1 aromatic heterocycles. The minimum absolute atomic E-state index is 0.124. The van der Waals surface area contributed by atoms with Gasteiger partial charge in [-0.1, -0.05) is 11.6 Å². The number of carbonyl (C=O) groups excluding carboxylic acids is 2. The Hall–Kier alpha value is -2.09. The Morgan fingerprint density at radius 1 is 0.963 bits per heavy atom. The van der Waals surface area contributed by atoms with Crippen molar-refractivity contribution in [1.29, 1.82) is 0 Å². The lowest BCUT2D eigenvalue weighted by Crippen LogP contribution is -2.52. The van der Waals surface area contributed by atoms with Crippen molar-refractivity contribution in [2.45, 2.75) is 0 Å². The van der Waals surface area contributed by atoms with Crippen LogP contribution in [0, 0.1) is 0 Å². The van der Waals surface area contributed by atoms with E-state index in [0.29, 0.717) is 75.4 Å². The topological polar surface area (TPSA) is 66.2 Å². The second-order valence-corrected chi connectivity index (χ2v) is 7.29. The number of benzene rings is 1. The molecule has 2 aliphatic heterocycles. The van der Waals surface area contributed by atoms with Crippen LogP contribution in [-0.2, 0) is 9.53 Å². The maximum atomic E-state index is 12.7. The quantitative estimate of drug-likeness (QED) is 0.796. The molecule has 7 nitrogen and oxygen atoms in total. The first-order valence-electron chi connectivity index (χ1n) is 9.16. The average molecular weight is 392 g/mol. The van der Waals surface area contributed by atoms with E-state index in [1.807, 2.05) is 4.90 Å². The fraction of sp³-hybridized carbons (Fsp3) is 0.474. The third-order valence-corrected chi connectivity index (χ3v) is 5.31. The fourth-order valence-electron chi connectivity index (χ4n) is 3.49. The minimum atomic E-state index is -0.124. The number of hydrogen-bond donors (Lipinski definition) is 0. The molecule has 144 valence electrons. The van der Waals surface area contributed by atoms with E-state index in [4.69, 9.17) is 20.8 Å². The van der Waals surface area contributed by atoms with Gasteiger partial charge in [0.25, 0.3) is 5.91 Å². The van der Waals surface area contributed by atoms with Crippen LogP contribution < -0.4 is 0 Å². The standard InChI is InChI=1S/C19H22ClN3O4/c20-15-1-2-16-14(11-15)12-17(27-16)19(25)23-5-3-21(4-6-23)13-18(24)22-7-9-26-10-8-22/h1-2,11-12H,3-10,13H2. The Labute approximate surface area is 162 Å². The fourth-order valence-corrected chi connectivity index (χ4v) is 3.67. The Morgan fingerprint density at radius 3 is 2.44 bits per heavy atom. The molecular weight excluding hydrogens is 370 g/mol. The number of halogens is 1. The van der Waals surface area contributed by atoms with Crippen LogP contribution in [0.5, 0.6) is 0 Å². The first kappa shape index (κ1) is 18.3. The van der Waals surface area contributed by atoms with Crippen molar-refractivity contribution >= 4 is 34.4 Å². The van der Waals surface area contributed by atoms with E-state index in [9.17, 15) is 9.59 Å². The third-order valence-electron chi connectivity index (χ3n) is 5.07. The second kappa shape index (κ2) is 7.88. The zero-order valence-corrected chi connectivity index (χ0v) is 15.8. The highest BCUT2D eigenvalue weighted by atomic mass is 35.5. The van der Waals surface area contributed by atoms with Gasteiger partial charge >= 0.3 is 0 Å². The van der Waals surface area contributed by atoms with Gasteiger partial charge in [-0.3, -0.25) is 14.5 Å². The number of nitrogens with zero attached hydrogens (tertiary/aromatic N) is 3. The van der Waals surface area contributed by atoms with E-state index in [0.717, 1.165) is 5.39 Å². The Bertz CT molecular complexity index is 839. The van der Waals surface area contributed by atoms with Gasteiger partial charge in [-0.15, -0.1) is 0 Å². The molecule has 3 heterocycles. The summed E-state index contributed by atoms with van der Waals surface area (Å²) in [5, 5.41) is 1.43. The van der Waals surface area contributed by atoms with Crippen LogP contribution in [0.2, 0.25) is 5.02 Å². The smallest absolute Gasteiger partial charge is 0.289 e. The minimum Gasteiger partial charge on any atom is -0.451 e. The van der Waals surface area contributed by atoms with Gasteiger partial charge in [0.2, 0.25) is 5.91 Å². The molecule has 0 radical (unpaired) electrons. The van der Waals surface area contributed by atoms with Crippen molar-refractivity contribution in [3.63, 3.8) is 0 Å². The SMILES string of the molecule is O=C(CN1CCN(C(=O)c2cc3cc(Cl)ccc3o2)CC1)N1CCOCC1. The van der Waals surface area contributed by atoms with E-state index in [2.05, 4.69) is 4.90 Å². The predicted molar refractivity (Wildman–Crippen MR) is 101 cm³/mol. The largest absolute Gasteiger partial charge is 0.451 e. The molecule has 0 saturated carbocycles. The summed E-state index contributed by atoms with van der Waals surface area (Å²) in [4.78, 5) is 30.8. The molecule has 2 saturated heterocycles. The summed E-state index contributed by atoms with van der Waals surface area (Å²) in [6, 6.07) is 7.03. The van der Waals surface area contributed by atoms with Gasteiger partial charge in [-0.2, -0.15) is 0 Å².